The first-order chi connectivity index (χ1) is 15.7. The van der Waals surface area contributed by atoms with Crippen molar-refractivity contribution in [3.8, 4) is 0 Å². The summed E-state index contributed by atoms with van der Waals surface area (Å²) < 4.78 is 13.0. The topological polar surface area (TPSA) is 90.5 Å². The Morgan fingerprint density at radius 2 is 1.73 bits per heavy atom. The number of hydrogen-bond acceptors (Lipinski definition) is 6. The van der Waals surface area contributed by atoms with Gasteiger partial charge >= 0.3 is 0 Å². The third-order valence-corrected chi connectivity index (χ3v) is 5.75. The summed E-state index contributed by atoms with van der Waals surface area (Å²) in [7, 11) is 3.59. The van der Waals surface area contributed by atoms with Crippen molar-refractivity contribution < 1.29 is 14.0 Å². The quantitative estimate of drug-likeness (QED) is 0.620. The highest BCUT2D eigenvalue weighted by Gasteiger charge is 2.34. The average molecular weight is 449 g/mol. The van der Waals surface area contributed by atoms with Gasteiger partial charge in [0.15, 0.2) is 5.82 Å². The molecule has 33 heavy (non-hydrogen) atoms. The SMILES string of the molecule is Cc1nc(NCc2ccc(NC(=O)c3ccc(F)cc3)cc2)nc2c1N(C)C(=O)[C@H](C)N2C. The van der Waals surface area contributed by atoms with Gasteiger partial charge in [0.05, 0.1) is 5.69 Å². The molecule has 8 nitrogen and oxygen atoms in total. The number of carbonyl (C=O) groups is 2. The maximum absolute atomic E-state index is 13.0. The van der Waals surface area contributed by atoms with Crippen molar-refractivity contribution in [2.75, 3.05) is 34.5 Å². The number of fused-ring (bicyclic) bond motifs is 1. The third kappa shape index (κ3) is 4.48. The number of halogens is 1. The number of rotatable bonds is 5. The standard InChI is InChI=1S/C24H25FN6O2/c1-14-20-21(30(3)15(2)23(33)31(20)4)29-24(27-14)26-13-16-5-11-19(12-6-16)28-22(32)17-7-9-18(25)10-8-17/h5-12,15H,13H2,1-4H3,(H,28,32)(H,26,27,29)/t15-/m0/s1. The van der Waals surface area contributed by atoms with Gasteiger partial charge in [-0.15, -0.1) is 0 Å². The molecule has 0 spiro atoms. The first kappa shape index (κ1) is 22.2. The molecule has 1 aromatic heterocycles. The van der Waals surface area contributed by atoms with Gasteiger partial charge in [0.2, 0.25) is 11.9 Å². The second-order valence-electron chi connectivity index (χ2n) is 8.00. The predicted molar refractivity (Wildman–Crippen MR) is 126 cm³/mol. The van der Waals surface area contributed by atoms with Crippen LogP contribution >= 0.6 is 0 Å². The van der Waals surface area contributed by atoms with Gasteiger partial charge in [-0.3, -0.25) is 9.59 Å². The smallest absolute Gasteiger partial charge is 0.255 e. The lowest BCUT2D eigenvalue weighted by Gasteiger charge is -2.37. The molecule has 2 amide bonds. The molecule has 2 N–H and O–H groups in total. The molecule has 0 saturated carbocycles. The molecule has 0 aliphatic carbocycles. The van der Waals surface area contributed by atoms with Gasteiger partial charge in [-0.1, -0.05) is 12.1 Å². The molecule has 0 bridgehead atoms. The Balaban J connectivity index is 1.42. The van der Waals surface area contributed by atoms with E-state index < -0.39 is 0 Å². The molecule has 0 radical (unpaired) electrons. The summed E-state index contributed by atoms with van der Waals surface area (Å²) in [5.74, 6) is 0.494. The molecule has 1 atom stereocenters. The molecule has 3 aromatic rings. The van der Waals surface area contributed by atoms with Crippen LogP contribution in [-0.2, 0) is 11.3 Å². The highest BCUT2D eigenvalue weighted by Crippen LogP contribution is 2.35. The van der Waals surface area contributed by atoms with E-state index in [9.17, 15) is 14.0 Å². The van der Waals surface area contributed by atoms with E-state index in [0.29, 0.717) is 35.2 Å². The number of aromatic nitrogens is 2. The van der Waals surface area contributed by atoms with Crippen LogP contribution in [0.1, 0.15) is 28.5 Å². The summed E-state index contributed by atoms with van der Waals surface area (Å²) in [6.07, 6.45) is 0. The number of aryl methyl sites for hydroxylation is 1. The highest BCUT2D eigenvalue weighted by atomic mass is 19.1. The molecule has 170 valence electrons. The van der Waals surface area contributed by atoms with Gasteiger partial charge in [0.25, 0.3) is 5.91 Å². The summed E-state index contributed by atoms with van der Waals surface area (Å²) in [4.78, 5) is 37.3. The number of hydrogen-bond donors (Lipinski definition) is 2. The van der Waals surface area contributed by atoms with E-state index in [1.54, 1.807) is 24.1 Å². The maximum Gasteiger partial charge on any atom is 0.255 e. The highest BCUT2D eigenvalue weighted by molar-refractivity contribution is 6.05. The second-order valence-corrected chi connectivity index (χ2v) is 8.00. The first-order valence-corrected chi connectivity index (χ1v) is 10.5. The average Bonchev–Trinajstić information content (AvgIpc) is 2.81. The van der Waals surface area contributed by atoms with E-state index in [1.807, 2.05) is 37.9 Å². The fourth-order valence-corrected chi connectivity index (χ4v) is 3.70. The summed E-state index contributed by atoms with van der Waals surface area (Å²) in [5.41, 5.74) is 3.43. The van der Waals surface area contributed by atoms with E-state index in [0.717, 1.165) is 11.3 Å². The van der Waals surface area contributed by atoms with Crippen molar-refractivity contribution >= 4 is 35.0 Å². The van der Waals surface area contributed by atoms with E-state index in [1.165, 1.54) is 24.3 Å². The Morgan fingerprint density at radius 3 is 2.39 bits per heavy atom. The summed E-state index contributed by atoms with van der Waals surface area (Å²) in [5, 5.41) is 6.02. The summed E-state index contributed by atoms with van der Waals surface area (Å²) in [6, 6.07) is 12.5. The van der Waals surface area contributed by atoms with Crippen LogP contribution in [0.5, 0.6) is 0 Å². The van der Waals surface area contributed by atoms with E-state index in [-0.39, 0.29) is 23.7 Å². The van der Waals surface area contributed by atoms with Crippen molar-refractivity contribution in [1.82, 2.24) is 9.97 Å². The molecule has 2 aromatic carbocycles. The summed E-state index contributed by atoms with van der Waals surface area (Å²) >= 11 is 0. The lowest BCUT2D eigenvalue weighted by molar-refractivity contribution is -0.119. The van der Waals surface area contributed by atoms with Crippen LogP contribution in [-0.4, -0.2) is 41.9 Å². The van der Waals surface area contributed by atoms with Gasteiger partial charge in [-0.2, -0.15) is 4.98 Å². The minimum absolute atomic E-state index is 0.00372. The van der Waals surface area contributed by atoms with Crippen LogP contribution in [0.4, 0.5) is 27.5 Å². The Morgan fingerprint density at radius 1 is 1.06 bits per heavy atom. The van der Waals surface area contributed by atoms with Crippen molar-refractivity contribution in [2.45, 2.75) is 26.4 Å². The number of nitrogens with one attached hydrogen (secondary N) is 2. The molecule has 0 fully saturated rings. The van der Waals surface area contributed by atoms with Crippen LogP contribution in [0.25, 0.3) is 0 Å². The predicted octanol–water partition coefficient (Wildman–Crippen LogP) is 3.59. The van der Waals surface area contributed by atoms with Gasteiger partial charge in [-0.05, 0) is 55.8 Å². The zero-order valence-corrected chi connectivity index (χ0v) is 18.9. The second kappa shape index (κ2) is 8.85. The summed E-state index contributed by atoms with van der Waals surface area (Å²) in [6.45, 7) is 4.19. The van der Waals surface area contributed by atoms with Crippen LogP contribution in [0.15, 0.2) is 48.5 Å². The van der Waals surface area contributed by atoms with Crippen LogP contribution in [0.3, 0.4) is 0 Å². The maximum atomic E-state index is 13.0. The lowest BCUT2D eigenvalue weighted by atomic mass is 10.1. The molecule has 0 saturated heterocycles. The number of amides is 2. The minimum Gasteiger partial charge on any atom is -0.350 e. The Kier molecular flexibility index (Phi) is 5.95. The van der Waals surface area contributed by atoms with Crippen LogP contribution in [0, 0.1) is 12.7 Å². The van der Waals surface area contributed by atoms with Crippen LogP contribution < -0.4 is 20.4 Å². The minimum atomic E-state index is -0.386. The Labute approximate surface area is 191 Å². The molecule has 0 unspecified atom stereocenters. The largest absolute Gasteiger partial charge is 0.350 e. The van der Waals surface area contributed by atoms with Crippen molar-refractivity contribution in [3.63, 3.8) is 0 Å². The number of anilines is 4. The van der Waals surface area contributed by atoms with E-state index >= 15 is 0 Å². The van der Waals surface area contributed by atoms with E-state index in [4.69, 9.17) is 0 Å². The monoisotopic (exact) mass is 448 g/mol. The molecule has 4 rings (SSSR count). The molecule has 1 aliphatic rings. The van der Waals surface area contributed by atoms with Crippen LogP contribution in [0.2, 0.25) is 0 Å². The number of nitrogens with zero attached hydrogens (tertiary/aromatic N) is 4. The van der Waals surface area contributed by atoms with Crippen molar-refractivity contribution in [2.24, 2.45) is 0 Å². The number of carbonyl (C=O) groups excluding carboxylic acids is 2. The normalized spacial score (nSPS) is 15.3. The van der Waals surface area contributed by atoms with Gasteiger partial charge in [-0.25, -0.2) is 9.37 Å². The molecular weight excluding hydrogens is 423 g/mol. The fraction of sp³-hybridized carbons (Fsp3) is 0.250. The zero-order valence-electron chi connectivity index (χ0n) is 18.9. The Hall–Kier alpha value is -4.01. The zero-order chi connectivity index (χ0) is 23.7. The number of likely N-dealkylation sites (N-methyl/N-ethyl adjacent to an activating group) is 2. The Bertz CT molecular complexity index is 1200. The molecular formula is C24H25FN6O2. The first-order valence-electron chi connectivity index (χ1n) is 10.5. The van der Waals surface area contributed by atoms with Gasteiger partial charge < -0.3 is 20.4 Å². The number of benzene rings is 2. The molecule has 2 heterocycles. The molecule has 1 aliphatic heterocycles. The molecule has 9 heteroatoms. The fourth-order valence-electron chi connectivity index (χ4n) is 3.70. The van der Waals surface area contributed by atoms with E-state index in [2.05, 4.69) is 20.6 Å². The van der Waals surface area contributed by atoms with Crippen molar-refractivity contribution in [3.05, 3.63) is 71.2 Å². The van der Waals surface area contributed by atoms with Gasteiger partial charge in [0.1, 0.15) is 17.5 Å². The van der Waals surface area contributed by atoms with Gasteiger partial charge in [0, 0.05) is 31.9 Å². The lowest BCUT2D eigenvalue weighted by Crippen LogP contribution is -2.49. The third-order valence-electron chi connectivity index (χ3n) is 5.75. The van der Waals surface area contributed by atoms with Crippen molar-refractivity contribution in [1.29, 1.82) is 0 Å².